The molecule has 0 bridgehead atoms. The van der Waals surface area contributed by atoms with Crippen molar-refractivity contribution in [2.24, 2.45) is 0 Å². The molecular weight excluding hydrogens is 310 g/mol. The fourth-order valence-electron chi connectivity index (χ4n) is 2.82. The number of hydrogen-bond acceptors (Lipinski definition) is 3. The standard InChI is InChI=1S/C21H17N3O/c25-19-10-4-16(5-11-19)15-24-14-13-23-21(24)18-8-6-17(7-9-18)20-3-1-2-12-22-20/h1-14,25H,15H2. The summed E-state index contributed by atoms with van der Waals surface area (Å²) >= 11 is 0. The van der Waals surface area contributed by atoms with E-state index in [-0.39, 0.29) is 5.75 Å². The van der Waals surface area contributed by atoms with Crippen LogP contribution in [0.2, 0.25) is 0 Å². The van der Waals surface area contributed by atoms with E-state index in [4.69, 9.17) is 0 Å². The highest BCUT2D eigenvalue weighted by molar-refractivity contribution is 5.65. The number of hydrogen-bond donors (Lipinski definition) is 1. The van der Waals surface area contributed by atoms with Gasteiger partial charge in [0, 0.05) is 36.3 Å². The van der Waals surface area contributed by atoms with Gasteiger partial charge in [-0.15, -0.1) is 0 Å². The lowest BCUT2D eigenvalue weighted by Crippen LogP contribution is -2.01. The van der Waals surface area contributed by atoms with Gasteiger partial charge in [0.15, 0.2) is 0 Å². The van der Waals surface area contributed by atoms with Gasteiger partial charge in [-0.25, -0.2) is 4.98 Å². The van der Waals surface area contributed by atoms with Crippen LogP contribution in [0, 0.1) is 0 Å². The molecule has 0 fully saturated rings. The zero-order chi connectivity index (χ0) is 17.1. The number of aromatic hydroxyl groups is 1. The quantitative estimate of drug-likeness (QED) is 0.606. The molecule has 0 spiro atoms. The average Bonchev–Trinajstić information content (AvgIpc) is 3.13. The predicted octanol–water partition coefficient (Wildman–Crippen LogP) is 4.37. The Kier molecular flexibility index (Phi) is 4.01. The SMILES string of the molecule is Oc1ccc(Cn2ccnc2-c2ccc(-c3ccccn3)cc2)cc1. The van der Waals surface area contributed by atoms with Gasteiger partial charge in [0.2, 0.25) is 0 Å². The van der Waals surface area contributed by atoms with Crippen LogP contribution in [0.15, 0.2) is 85.3 Å². The van der Waals surface area contributed by atoms with Gasteiger partial charge >= 0.3 is 0 Å². The third-order valence-corrected chi connectivity index (χ3v) is 4.11. The second-order valence-electron chi connectivity index (χ2n) is 5.84. The second kappa shape index (κ2) is 6.61. The van der Waals surface area contributed by atoms with E-state index in [1.165, 1.54) is 0 Å². The molecule has 0 atom stereocenters. The summed E-state index contributed by atoms with van der Waals surface area (Å²) in [6, 6.07) is 21.4. The highest BCUT2D eigenvalue weighted by atomic mass is 16.3. The molecule has 122 valence electrons. The number of imidazole rings is 1. The lowest BCUT2D eigenvalue weighted by atomic mass is 10.1. The van der Waals surface area contributed by atoms with Crippen LogP contribution in [0.25, 0.3) is 22.6 Å². The molecule has 4 heteroatoms. The van der Waals surface area contributed by atoms with Crippen molar-refractivity contribution in [2.45, 2.75) is 6.54 Å². The molecule has 2 heterocycles. The molecule has 0 amide bonds. The van der Waals surface area contributed by atoms with Crippen molar-refractivity contribution < 1.29 is 5.11 Å². The maximum Gasteiger partial charge on any atom is 0.140 e. The van der Waals surface area contributed by atoms with Gasteiger partial charge < -0.3 is 9.67 Å². The Hall–Kier alpha value is -3.40. The highest BCUT2D eigenvalue weighted by Gasteiger charge is 2.07. The first kappa shape index (κ1) is 15.1. The Labute approximate surface area is 146 Å². The minimum absolute atomic E-state index is 0.278. The van der Waals surface area contributed by atoms with Crippen molar-refractivity contribution >= 4 is 0 Å². The molecule has 1 N–H and O–H groups in total. The summed E-state index contributed by atoms with van der Waals surface area (Å²) in [5, 5.41) is 9.41. The van der Waals surface area contributed by atoms with E-state index in [2.05, 4.69) is 38.8 Å². The lowest BCUT2D eigenvalue weighted by molar-refractivity contribution is 0.475. The minimum Gasteiger partial charge on any atom is -0.508 e. The number of aromatic nitrogens is 3. The predicted molar refractivity (Wildman–Crippen MR) is 98.1 cm³/mol. The Morgan fingerprint density at radius 2 is 1.52 bits per heavy atom. The van der Waals surface area contributed by atoms with Gasteiger partial charge in [0.25, 0.3) is 0 Å². The monoisotopic (exact) mass is 327 g/mol. The molecule has 4 rings (SSSR count). The lowest BCUT2D eigenvalue weighted by Gasteiger charge is -2.09. The van der Waals surface area contributed by atoms with E-state index < -0.39 is 0 Å². The molecule has 25 heavy (non-hydrogen) atoms. The van der Waals surface area contributed by atoms with E-state index in [0.717, 1.165) is 28.2 Å². The Balaban J connectivity index is 1.60. The van der Waals surface area contributed by atoms with Crippen molar-refractivity contribution in [3.8, 4) is 28.4 Å². The van der Waals surface area contributed by atoms with Crippen molar-refractivity contribution in [1.82, 2.24) is 14.5 Å². The van der Waals surface area contributed by atoms with Crippen LogP contribution in [0.5, 0.6) is 5.75 Å². The fourth-order valence-corrected chi connectivity index (χ4v) is 2.82. The highest BCUT2D eigenvalue weighted by Crippen LogP contribution is 2.23. The summed E-state index contributed by atoms with van der Waals surface area (Å²) in [7, 11) is 0. The van der Waals surface area contributed by atoms with E-state index >= 15 is 0 Å². The van der Waals surface area contributed by atoms with Gasteiger partial charge in [0.05, 0.1) is 5.69 Å². The van der Waals surface area contributed by atoms with Gasteiger partial charge in [-0.05, 0) is 29.8 Å². The van der Waals surface area contributed by atoms with Crippen LogP contribution in [0.4, 0.5) is 0 Å². The summed E-state index contributed by atoms with van der Waals surface area (Å²) in [6.07, 6.45) is 5.57. The number of nitrogens with zero attached hydrogens (tertiary/aromatic N) is 3. The van der Waals surface area contributed by atoms with Crippen molar-refractivity contribution in [1.29, 1.82) is 0 Å². The molecule has 0 aliphatic carbocycles. The molecule has 0 aliphatic heterocycles. The smallest absolute Gasteiger partial charge is 0.140 e. The third kappa shape index (κ3) is 3.28. The van der Waals surface area contributed by atoms with Crippen LogP contribution >= 0.6 is 0 Å². The molecule has 2 aromatic carbocycles. The van der Waals surface area contributed by atoms with Crippen molar-refractivity contribution in [3.05, 3.63) is 90.9 Å². The molecule has 4 aromatic rings. The number of phenols is 1. The van der Waals surface area contributed by atoms with Gasteiger partial charge in [-0.1, -0.05) is 42.5 Å². The third-order valence-electron chi connectivity index (χ3n) is 4.11. The van der Waals surface area contributed by atoms with Gasteiger partial charge in [0.1, 0.15) is 11.6 Å². The van der Waals surface area contributed by atoms with Crippen molar-refractivity contribution in [3.63, 3.8) is 0 Å². The molecule has 0 saturated heterocycles. The van der Waals surface area contributed by atoms with Gasteiger partial charge in [-0.2, -0.15) is 0 Å². The van der Waals surface area contributed by atoms with E-state index in [1.54, 1.807) is 18.3 Å². The summed E-state index contributed by atoms with van der Waals surface area (Å²) in [4.78, 5) is 8.88. The Morgan fingerprint density at radius 3 is 2.24 bits per heavy atom. The number of phenolic OH excluding ortho intramolecular Hbond substituents is 1. The first-order valence-corrected chi connectivity index (χ1v) is 8.10. The largest absolute Gasteiger partial charge is 0.508 e. The normalized spacial score (nSPS) is 10.7. The molecule has 0 aliphatic rings. The molecule has 2 aromatic heterocycles. The summed E-state index contributed by atoms with van der Waals surface area (Å²) in [6.45, 7) is 0.706. The molecule has 4 nitrogen and oxygen atoms in total. The van der Waals surface area contributed by atoms with E-state index in [9.17, 15) is 5.11 Å². The molecular formula is C21H17N3O. The molecule has 0 unspecified atom stereocenters. The summed E-state index contributed by atoms with van der Waals surface area (Å²) < 4.78 is 2.10. The zero-order valence-corrected chi connectivity index (χ0v) is 13.6. The van der Waals surface area contributed by atoms with Crippen LogP contribution in [0.1, 0.15) is 5.56 Å². The fraction of sp³-hybridized carbons (Fsp3) is 0.0476. The van der Waals surface area contributed by atoms with Gasteiger partial charge in [-0.3, -0.25) is 4.98 Å². The molecule has 0 radical (unpaired) electrons. The van der Waals surface area contributed by atoms with Crippen LogP contribution in [-0.4, -0.2) is 19.6 Å². The number of rotatable bonds is 4. The zero-order valence-electron chi connectivity index (χ0n) is 13.6. The first-order valence-electron chi connectivity index (χ1n) is 8.10. The maximum atomic E-state index is 9.41. The number of pyridine rings is 1. The van der Waals surface area contributed by atoms with E-state index in [0.29, 0.717) is 6.54 Å². The van der Waals surface area contributed by atoms with Crippen LogP contribution in [-0.2, 0) is 6.54 Å². The minimum atomic E-state index is 0.278. The first-order chi connectivity index (χ1) is 12.3. The summed E-state index contributed by atoms with van der Waals surface area (Å²) in [5.41, 5.74) is 4.22. The number of benzene rings is 2. The van der Waals surface area contributed by atoms with Crippen molar-refractivity contribution in [2.75, 3.05) is 0 Å². The maximum absolute atomic E-state index is 9.41. The second-order valence-corrected chi connectivity index (χ2v) is 5.84. The van der Waals surface area contributed by atoms with Crippen LogP contribution < -0.4 is 0 Å². The molecule has 0 saturated carbocycles. The van der Waals surface area contributed by atoms with E-state index in [1.807, 2.05) is 42.7 Å². The summed E-state index contributed by atoms with van der Waals surface area (Å²) in [5.74, 6) is 1.19. The topological polar surface area (TPSA) is 50.9 Å². The van der Waals surface area contributed by atoms with Crippen LogP contribution in [0.3, 0.4) is 0 Å². The Morgan fingerprint density at radius 1 is 0.760 bits per heavy atom. The Bertz CT molecular complexity index is 958. The average molecular weight is 327 g/mol.